The van der Waals surface area contributed by atoms with Crippen LogP contribution in [0, 0.1) is 0 Å². The van der Waals surface area contributed by atoms with Gasteiger partial charge in [-0.2, -0.15) is 4.31 Å². The van der Waals surface area contributed by atoms with Crippen LogP contribution in [0.15, 0.2) is 23.1 Å². The maximum Gasteiger partial charge on any atom is 0.247 e. The fraction of sp³-hybridized carbons (Fsp3) is 0.600. The fourth-order valence-corrected chi connectivity index (χ4v) is 4.60. The van der Waals surface area contributed by atoms with Crippen molar-refractivity contribution in [3.8, 4) is 5.75 Å². The molecule has 6 heteroatoms. The SMILES string of the molecule is CCOc1ccc(N)cc1S(=O)(=O)N1CCCCCC1C. The molecule has 5 nitrogen and oxygen atoms in total. The summed E-state index contributed by atoms with van der Waals surface area (Å²) in [7, 11) is -3.58. The molecular formula is C15H24N2O3S. The predicted molar refractivity (Wildman–Crippen MR) is 83.8 cm³/mol. The van der Waals surface area contributed by atoms with Crippen LogP contribution in [-0.4, -0.2) is 31.9 Å². The van der Waals surface area contributed by atoms with Crippen LogP contribution in [0.3, 0.4) is 0 Å². The average molecular weight is 312 g/mol. The minimum atomic E-state index is -3.58. The molecule has 0 spiro atoms. The van der Waals surface area contributed by atoms with Gasteiger partial charge < -0.3 is 10.5 Å². The Kier molecular flexibility index (Phi) is 5.11. The molecule has 1 aliphatic rings. The minimum Gasteiger partial charge on any atom is -0.492 e. The molecule has 2 N–H and O–H groups in total. The van der Waals surface area contributed by atoms with Crippen LogP contribution in [0.25, 0.3) is 0 Å². The first kappa shape index (κ1) is 16.1. The van der Waals surface area contributed by atoms with Crippen molar-refractivity contribution in [2.45, 2.75) is 50.5 Å². The van der Waals surface area contributed by atoms with Gasteiger partial charge in [0, 0.05) is 18.3 Å². The number of sulfonamides is 1. The highest BCUT2D eigenvalue weighted by Crippen LogP contribution is 2.32. The Morgan fingerprint density at radius 3 is 2.81 bits per heavy atom. The summed E-state index contributed by atoms with van der Waals surface area (Å²) in [4.78, 5) is 0.179. The fourth-order valence-electron chi connectivity index (χ4n) is 2.73. The molecular weight excluding hydrogens is 288 g/mol. The van der Waals surface area contributed by atoms with E-state index in [-0.39, 0.29) is 10.9 Å². The minimum absolute atomic E-state index is 0.00778. The van der Waals surface area contributed by atoms with Crippen molar-refractivity contribution >= 4 is 15.7 Å². The number of hydrogen-bond donors (Lipinski definition) is 1. The van der Waals surface area contributed by atoms with Gasteiger partial charge in [-0.25, -0.2) is 8.42 Å². The Bertz CT molecular complexity index is 587. The zero-order valence-electron chi connectivity index (χ0n) is 12.7. The quantitative estimate of drug-likeness (QED) is 0.867. The summed E-state index contributed by atoms with van der Waals surface area (Å²) in [5.74, 6) is 0.378. The van der Waals surface area contributed by atoms with Crippen molar-refractivity contribution < 1.29 is 13.2 Å². The van der Waals surface area contributed by atoms with Crippen LogP contribution >= 0.6 is 0 Å². The topological polar surface area (TPSA) is 72.6 Å². The van der Waals surface area contributed by atoms with Gasteiger partial charge >= 0.3 is 0 Å². The molecule has 1 fully saturated rings. The Balaban J connectivity index is 2.44. The van der Waals surface area contributed by atoms with E-state index in [1.165, 1.54) is 6.07 Å². The van der Waals surface area contributed by atoms with Crippen molar-refractivity contribution in [1.29, 1.82) is 0 Å². The van der Waals surface area contributed by atoms with E-state index in [0.29, 0.717) is 24.6 Å². The number of benzene rings is 1. The van der Waals surface area contributed by atoms with Gasteiger partial charge in [0.05, 0.1) is 6.61 Å². The molecule has 0 radical (unpaired) electrons. The summed E-state index contributed by atoms with van der Waals surface area (Å²) >= 11 is 0. The Morgan fingerprint density at radius 1 is 1.33 bits per heavy atom. The standard InChI is InChI=1S/C15H24N2O3S/c1-3-20-14-9-8-13(16)11-15(14)21(18,19)17-10-6-4-5-7-12(17)2/h8-9,11-12H,3-7,10,16H2,1-2H3. The van der Waals surface area contributed by atoms with Gasteiger partial charge in [-0.3, -0.25) is 0 Å². The molecule has 0 aliphatic carbocycles. The first-order chi connectivity index (χ1) is 9.96. The molecule has 118 valence electrons. The van der Waals surface area contributed by atoms with Crippen LogP contribution in [0.1, 0.15) is 39.5 Å². The van der Waals surface area contributed by atoms with Crippen molar-refractivity contribution in [2.24, 2.45) is 0 Å². The maximum absolute atomic E-state index is 13.0. The van der Waals surface area contributed by atoms with E-state index >= 15 is 0 Å². The number of rotatable bonds is 4. The third-order valence-electron chi connectivity index (χ3n) is 3.85. The van der Waals surface area contributed by atoms with E-state index in [1.54, 1.807) is 16.4 Å². The zero-order valence-corrected chi connectivity index (χ0v) is 13.5. The first-order valence-corrected chi connectivity index (χ1v) is 8.95. The van der Waals surface area contributed by atoms with Gasteiger partial charge in [0.1, 0.15) is 10.6 Å². The lowest BCUT2D eigenvalue weighted by Gasteiger charge is -2.27. The molecule has 0 bridgehead atoms. The highest BCUT2D eigenvalue weighted by Gasteiger charge is 2.32. The number of anilines is 1. The molecule has 1 saturated heterocycles. The normalized spacial score (nSPS) is 21.0. The van der Waals surface area contributed by atoms with Crippen LogP contribution < -0.4 is 10.5 Å². The third-order valence-corrected chi connectivity index (χ3v) is 5.88. The molecule has 0 saturated carbocycles. The van der Waals surface area contributed by atoms with Crippen LogP contribution in [-0.2, 0) is 10.0 Å². The number of nitrogens with zero attached hydrogens (tertiary/aromatic N) is 1. The predicted octanol–water partition coefficient (Wildman–Crippen LogP) is 2.62. The monoisotopic (exact) mass is 312 g/mol. The van der Waals surface area contributed by atoms with Gasteiger partial charge in [-0.1, -0.05) is 12.8 Å². The molecule has 2 rings (SSSR count). The summed E-state index contributed by atoms with van der Waals surface area (Å²) in [6.07, 6.45) is 3.94. The van der Waals surface area contributed by atoms with E-state index < -0.39 is 10.0 Å². The van der Waals surface area contributed by atoms with Gasteiger partial charge in [-0.05, 0) is 44.9 Å². The second-order valence-electron chi connectivity index (χ2n) is 5.45. The van der Waals surface area contributed by atoms with Crippen LogP contribution in [0.2, 0.25) is 0 Å². The summed E-state index contributed by atoms with van der Waals surface area (Å²) in [6.45, 7) is 4.78. The number of ether oxygens (including phenoxy) is 1. The Labute approximate surface area is 127 Å². The van der Waals surface area contributed by atoms with Gasteiger partial charge in [-0.15, -0.1) is 0 Å². The second kappa shape index (κ2) is 6.66. The van der Waals surface area contributed by atoms with Crippen molar-refractivity contribution in [1.82, 2.24) is 4.31 Å². The molecule has 1 heterocycles. The van der Waals surface area contributed by atoms with Gasteiger partial charge in [0.2, 0.25) is 10.0 Å². The van der Waals surface area contributed by atoms with Crippen LogP contribution in [0.5, 0.6) is 5.75 Å². The molecule has 1 aliphatic heterocycles. The summed E-state index contributed by atoms with van der Waals surface area (Å²) in [5.41, 5.74) is 6.21. The molecule has 1 atom stereocenters. The van der Waals surface area contributed by atoms with Crippen molar-refractivity contribution in [3.05, 3.63) is 18.2 Å². The number of nitrogen functional groups attached to an aromatic ring is 1. The molecule has 21 heavy (non-hydrogen) atoms. The van der Waals surface area contributed by atoms with E-state index in [0.717, 1.165) is 25.7 Å². The smallest absolute Gasteiger partial charge is 0.247 e. The van der Waals surface area contributed by atoms with Crippen molar-refractivity contribution in [3.63, 3.8) is 0 Å². The second-order valence-corrected chi connectivity index (χ2v) is 7.31. The largest absolute Gasteiger partial charge is 0.492 e. The van der Waals surface area contributed by atoms with Gasteiger partial charge in [0.25, 0.3) is 0 Å². The lowest BCUT2D eigenvalue weighted by molar-refractivity contribution is 0.321. The molecule has 1 unspecified atom stereocenters. The molecule has 0 aromatic heterocycles. The van der Waals surface area contributed by atoms with Crippen molar-refractivity contribution in [2.75, 3.05) is 18.9 Å². The highest BCUT2D eigenvalue weighted by molar-refractivity contribution is 7.89. The summed E-state index contributed by atoms with van der Waals surface area (Å²) in [6, 6.07) is 4.80. The van der Waals surface area contributed by atoms with Gasteiger partial charge in [0.15, 0.2) is 0 Å². The lowest BCUT2D eigenvalue weighted by Crippen LogP contribution is -2.38. The molecule has 1 aromatic rings. The summed E-state index contributed by atoms with van der Waals surface area (Å²) < 4.78 is 33.0. The zero-order chi connectivity index (χ0) is 15.5. The third kappa shape index (κ3) is 3.49. The van der Waals surface area contributed by atoms with E-state index in [1.807, 2.05) is 13.8 Å². The Morgan fingerprint density at radius 2 is 2.10 bits per heavy atom. The highest BCUT2D eigenvalue weighted by atomic mass is 32.2. The number of nitrogens with two attached hydrogens (primary N) is 1. The maximum atomic E-state index is 13.0. The van der Waals surface area contributed by atoms with E-state index in [2.05, 4.69) is 0 Å². The van der Waals surface area contributed by atoms with E-state index in [4.69, 9.17) is 10.5 Å². The number of hydrogen-bond acceptors (Lipinski definition) is 4. The Hall–Kier alpha value is -1.27. The first-order valence-electron chi connectivity index (χ1n) is 7.51. The molecule has 1 aromatic carbocycles. The van der Waals surface area contributed by atoms with E-state index in [9.17, 15) is 8.42 Å². The average Bonchev–Trinajstić information content (AvgIpc) is 2.66. The lowest BCUT2D eigenvalue weighted by atomic mass is 10.1. The van der Waals surface area contributed by atoms with Crippen LogP contribution in [0.4, 0.5) is 5.69 Å². The summed E-state index contributed by atoms with van der Waals surface area (Å²) in [5, 5.41) is 0. The molecule has 0 amide bonds.